The first-order valence-electron chi connectivity index (χ1n) is 6.33. The number of nitrogens with zero attached hydrogens (tertiary/aromatic N) is 1. The van der Waals surface area contributed by atoms with Gasteiger partial charge in [0.15, 0.2) is 0 Å². The maximum absolute atomic E-state index is 12.4. The predicted octanol–water partition coefficient (Wildman–Crippen LogP) is 2.49. The molecule has 1 fully saturated rings. The normalized spacial score (nSPS) is 30.2. The molecule has 2 aliphatic heterocycles. The Bertz CT molecular complexity index is 330. The SMILES string of the molecule is CC1=C(C(=O)N2C[C@H](C)C[C@@H](C)C2)SCCO1. The number of piperidine rings is 1. The van der Waals surface area contributed by atoms with Gasteiger partial charge in [-0.3, -0.25) is 4.79 Å². The summed E-state index contributed by atoms with van der Waals surface area (Å²) in [7, 11) is 0. The summed E-state index contributed by atoms with van der Waals surface area (Å²) in [6.45, 7) is 8.85. The largest absolute Gasteiger partial charge is 0.496 e. The molecular formula is C13H21NO2S. The molecule has 2 atom stereocenters. The van der Waals surface area contributed by atoms with Crippen LogP contribution in [0.1, 0.15) is 27.2 Å². The minimum atomic E-state index is 0.172. The molecule has 0 aromatic rings. The summed E-state index contributed by atoms with van der Waals surface area (Å²) in [5.74, 6) is 3.08. The fraction of sp³-hybridized carbons (Fsp3) is 0.769. The zero-order valence-electron chi connectivity index (χ0n) is 10.9. The third kappa shape index (κ3) is 2.97. The van der Waals surface area contributed by atoms with Crippen LogP contribution in [0, 0.1) is 11.8 Å². The predicted molar refractivity (Wildman–Crippen MR) is 70.6 cm³/mol. The Morgan fingerprint density at radius 2 is 2.00 bits per heavy atom. The molecule has 0 bridgehead atoms. The fourth-order valence-electron chi connectivity index (χ4n) is 2.69. The molecule has 1 saturated heterocycles. The van der Waals surface area contributed by atoms with E-state index in [2.05, 4.69) is 13.8 Å². The van der Waals surface area contributed by atoms with Crippen LogP contribution >= 0.6 is 11.8 Å². The summed E-state index contributed by atoms with van der Waals surface area (Å²) in [4.78, 5) is 15.2. The van der Waals surface area contributed by atoms with Crippen LogP contribution in [0.3, 0.4) is 0 Å². The first-order chi connectivity index (χ1) is 8.08. The second kappa shape index (κ2) is 5.34. The molecule has 1 amide bonds. The summed E-state index contributed by atoms with van der Waals surface area (Å²) >= 11 is 1.64. The van der Waals surface area contributed by atoms with Crippen molar-refractivity contribution in [1.29, 1.82) is 0 Å². The topological polar surface area (TPSA) is 29.5 Å². The number of carbonyl (C=O) groups excluding carboxylic acids is 1. The van der Waals surface area contributed by atoms with E-state index in [0.717, 1.165) is 36.1 Å². The number of carbonyl (C=O) groups is 1. The molecule has 0 spiro atoms. The lowest BCUT2D eigenvalue weighted by Crippen LogP contribution is -2.43. The summed E-state index contributed by atoms with van der Waals surface area (Å²) in [6.07, 6.45) is 1.23. The Labute approximate surface area is 108 Å². The molecule has 0 unspecified atom stereocenters. The van der Waals surface area contributed by atoms with Gasteiger partial charge in [-0.1, -0.05) is 13.8 Å². The van der Waals surface area contributed by atoms with E-state index in [1.165, 1.54) is 6.42 Å². The van der Waals surface area contributed by atoms with Crippen LogP contribution in [-0.4, -0.2) is 36.3 Å². The number of thioether (sulfide) groups is 1. The van der Waals surface area contributed by atoms with Crippen molar-refractivity contribution in [3.63, 3.8) is 0 Å². The van der Waals surface area contributed by atoms with Crippen LogP contribution in [0.25, 0.3) is 0 Å². The highest BCUT2D eigenvalue weighted by molar-refractivity contribution is 8.04. The van der Waals surface area contributed by atoms with Gasteiger partial charge in [-0.15, -0.1) is 11.8 Å². The standard InChI is InChI=1S/C13H21NO2S/c1-9-6-10(2)8-14(7-9)13(15)12-11(3)16-4-5-17-12/h9-10H,4-8H2,1-3H3/t9-,10-/m1/s1. The van der Waals surface area contributed by atoms with Gasteiger partial charge in [-0.2, -0.15) is 0 Å². The molecule has 0 aromatic heterocycles. The van der Waals surface area contributed by atoms with Crippen molar-refractivity contribution in [2.75, 3.05) is 25.4 Å². The highest BCUT2D eigenvalue weighted by Crippen LogP contribution is 2.30. The Kier molecular flexibility index (Phi) is 4.02. The summed E-state index contributed by atoms with van der Waals surface area (Å²) < 4.78 is 5.47. The van der Waals surface area contributed by atoms with Crippen molar-refractivity contribution in [1.82, 2.24) is 4.90 Å². The van der Waals surface area contributed by atoms with Gasteiger partial charge in [0.05, 0.1) is 6.61 Å². The molecule has 2 heterocycles. The maximum Gasteiger partial charge on any atom is 0.263 e. The molecule has 0 aromatic carbocycles. The molecule has 96 valence electrons. The Morgan fingerprint density at radius 3 is 2.59 bits per heavy atom. The van der Waals surface area contributed by atoms with Crippen LogP contribution in [0.5, 0.6) is 0 Å². The molecule has 0 aliphatic carbocycles. The van der Waals surface area contributed by atoms with Crippen LogP contribution in [0.2, 0.25) is 0 Å². The van der Waals surface area contributed by atoms with Crippen molar-refractivity contribution in [3.05, 3.63) is 10.7 Å². The first kappa shape index (κ1) is 12.8. The fourth-order valence-corrected chi connectivity index (χ4v) is 3.58. The molecule has 4 heteroatoms. The summed E-state index contributed by atoms with van der Waals surface area (Å²) in [5, 5.41) is 0. The molecule has 2 rings (SSSR count). The number of hydrogen-bond acceptors (Lipinski definition) is 3. The minimum Gasteiger partial charge on any atom is -0.496 e. The minimum absolute atomic E-state index is 0.172. The van der Waals surface area contributed by atoms with Gasteiger partial charge >= 0.3 is 0 Å². The maximum atomic E-state index is 12.4. The number of rotatable bonds is 1. The number of amides is 1. The van der Waals surface area contributed by atoms with Crippen LogP contribution in [0.4, 0.5) is 0 Å². The average molecular weight is 255 g/mol. The van der Waals surface area contributed by atoms with Crippen molar-refractivity contribution >= 4 is 17.7 Å². The van der Waals surface area contributed by atoms with Crippen molar-refractivity contribution < 1.29 is 9.53 Å². The van der Waals surface area contributed by atoms with E-state index in [0.29, 0.717) is 11.8 Å². The van der Waals surface area contributed by atoms with E-state index >= 15 is 0 Å². The molecule has 0 radical (unpaired) electrons. The quantitative estimate of drug-likeness (QED) is 0.721. The van der Waals surface area contributed by atoms with Crippen LogP contribution < -0.4 is 0 Å². The lowest BCUT2D eigenvalue weighted by atomic mass is 9.92. The zero-order chi connectivity index (χ0) is 12.4. The van der Waals surface area contributed by atoms with E-state index in [-0.39, 0.29) is 5.91 Å². The third-order valence-corrected chi connectivity index (χ3v) is 4.44. The van der Waals surface area contributed by atoms with Gasteiger partial charge in [-0.25, -0.2) is 0 Å². The van der Waals surface area contributed by atoms with Crippen molar-refractivity contribution in [2.24, 2.45) is 11.8 Å². The van der Waals surface area contributed by atoms with E-state index in [9.17, 15) is 4.79 Å². The highest BCUT2D eigenvalue weighted by Gasteiger charge is 2.29. The molecular weight excluding hydrogens is 234 g/mol. The molecule has 17 heavy (non-hydrogen) atoms. The first-order valence-corrected chi connectivity index (χ1v) is 7.32. The number of allylic oxidation sites excluding steroid dienone is 1. The van der Waals surface area contributed by atoms with E-state index < -0.39 is 0 Å². The smallest absolute Gasteiger partial charge is 0.263 e. The van der Waals surface area contributed by atoms with Gasteiger partial charge in [0.2, 0.25) is 0 Å². The number of likely N-dealkylation sites (tertiary alicyclic amines) is 1. The van der Waals surface area contributed by atoms with Crippen LogP contribution in [-0.2, 0) is 9.53 Å². The van der Waals surface area contributed by atoms with Crippen LogP contribution in [0.15, 0.2) is 10.7 Å². The monoisotopic (exact) mass is 255 g/mol. The zero-order valence-corrected chi connectivity index (χ0v) is 11.7. The van der Waals surface area contributed by atoms with E-state index in [1.54, 1.807) is 11.8 Å². The summed E-state index contributed by atoms with van der Waals surface area (Å²) in [5.41, 5.74) is 0. The number of hydrogen-bond donors (Lipinski definition) is 0. The van der Waals surface area contributed by atoms with Gasteiger partial charge in [-0.05, 0) is 25.2 Å². The second-order valence-corrected chi connectivity index (χ2v) is 6.34. The average Bonchev–Trinajstić information content (AvgIpc) is 2.27. The Balaban J connectivity index is 2.09. The third-order valence-electron chi connectivity index (χ3n) is 3.32. The lowest BCUT2D eigenvalue weighted by Gasteiger charge is -2.36. The highest BCUT2D eigenvalue weighted by atomic mass is 32.2. The lowest BCUT2D eigenvalue weighted by molar-refractivity contribution is -0.129. The van der Waals surface area contributed by atoms with E-state index in [4.69, 9.17) is 4.74 Å². The molecule has 3 nitrogen and oxygen atoms in total. The number of ether oxygens (including phenoxy) is 1. The summed E-state index contributed by atoms with van der Waals surface area (Å²) in [6, 6.07) is 0. The molecule has 0 saturated carbocycles. The van der Waals surface area contributed by atoms with E-state index in [1.807, 2.05) is 11.8 Å². The van der Waals surface area contributed by atoms with Gasteiger partial charge in [0.1, 0.15) is 10.7 Å². The van der Waals surface area contributed by atoms with Crippen molar-refractivity contribution in [2.45, 2.75) is 27.2 Å². The second-order valence-electron chi connectivity index (χ2n) is 5.24. The molecule has 2 aliphatic rings. The Morgan fingerprint density at radius 1 is 1.35 bits per heavy atom. The van der Waals surface area contributed by atoms with Crippen molar-refractivity contribution in [3.8, 4) is 0 Å². The van der Waals surface area contributed by atoms with Gasteiger partial charge in [0.25, 0.3) is 5.91 Å². The van der Waals surface area contributed by atoms with Gasteiger partial charge < -0.3 is 9.64 Å². The molecule has 0 N–H and O–H groups in total. The van der Waals surface area contributed by atoms with Gasteiger partial charge in [0, 0.05) is 18.8 Å². The Hall–Kier alpha value is -0.640.